The van der Waals surface area contributed by atoms with Gasteiger partial charge in [-0.25, -0.2) is 9.59 Å². The quantitative estimate of drug-likeness (QED) is 0.833. The van der Waals surface area contributed by atoms with Crippen molar-refractivity contribution in [1.29, 1.82) is 0 Å². The minimum absolute atomic E-state index is 0.0708. The van der Waals surface area contributed by atoms with E-state index in [1.165, 1.54) is 22.4 Å². The number of carboxylic acids is 1. The van der Waals surface area contributed by atoms with Crippen molar-refractivity contribution < 1.29 is 19.4 Å². The second-order valence-corrected chi connectivity index (χ2v) is 6.50. The van der Waals surface area contributed by atoms with Gasteiger partial charge in [-0.05, 0) is 26.8 Å². The average molecular weight is 297 g/mol. The highest BCUT2D eigenvalue weighted by Crippen LogP contribution is 2.33. The summed E-state index contributed by atoms with van der Waals surface area (Å²) in [6.07, 6.45) is 0. The Labute approximate surface area is 119 Å². The Morgan fingerprint density at radius 3 is 2.60 bits per heavy atom. The standard InChI is InChI=1S/C13H15NO5S/c1-13(2,3)19-12(18)8-6-20-10-5-7(11(16)17)4-9(15)14(8)10/h4-5,8H,6H2,1-3H3,(H,16,17). The molecule has 2 heterocycles. The molecule has 0 bridgehead atoms. The zero-order valence-corrected chi connectivity index (χ0v) is 12.2. The van der Waals surface area contributed by atoms with Crippen LogP contribution in [0.4, 0.5) is 0 Å². The third kappa shape index (κ3) is 2.87. The van der Waals surface area contributed by atoms with Crippen molar-refractivity contribution in [1.82, 2.24) is 4.57 Å². The predicted octanol–water partition coefficient (Wildman–Crippen LogP) is 1.54. The van der Waals surface area contributed by atoms with Crippen LogP contribution in [-0.2, 0) is 9.53 Å². The molecule has 0 aromatic carbocycles. The van der Waals surface area contributed by atoms with Crippen molar-refractivity contribution in [2.45, 2.75) is 37.4 Å². The van der Waals surface area contributed by atoms with Crippen LogP contribution < -0.4 is 5.56 Å². The highest BCUT2D eigenvalue weighted by molar-refractivity contribution is 7.99. The number of aromatic nitrogens is 1. The van der Waals surface area contributed by atoms with Crippen molar-refractivity contribution in [3.63, 3.8) is 0 Å². The molecule has 1 atom stereocenters. The number of carbonyl (C=O) groups excluding carboxylic acids is 1. The summed E-state index contributed by atoms with van der Waals surface area (Å²) in [5.41, 5.74) is -1.20. The maximum absolute atomic E-state index is 12.1. The number of pyridine rings is 1. The molecule has 20 heavy (non-hydrogen) atoms. The Bertz CT molecular complexity index is 629. The first kappa shape index (κ1) is 14.6. The van der Waals surface area contributed by atoms with E-state index in [0.29, 0.717) is 10.8 Å². The van der Waals surface area contributed by atoms with Gasteiger partial charge in [-0.2, -0.15) is 0 Å². The van der Waals surface area contributed by atoms with E-state index in [-0.39, 0.29) is 5.56 Å². The molecule has 0 fully saturated rings. The number of nitrogens with zero attached hydrogens (tertiary/aromatic N) is 1. The Hall–Kier alpha value is -1.76. The molecule has 0 spiro atoms. The number of rotatable bonds is 2. The second-order valence-electron chi connectivity index (χ2n) is 5.46. The lowest BCUT2D eigenvalue weighted by atomic mass is 10.2. The van der Waals surface area contributed by atoms with E-state index in [4.69, 9.17) is 9.84 Å². The first-order chi connectivity index (χ1) is 9.19. The van der Waals surface area contributed by atoms with Gasteiger partial charge in [0.25, 0.3) is 5.56 Å². The summed E-state index contributed by atoms with van der Waals surface area (Å²) in [5.74, 6) is -1.27. The number of esters is 1. The van der Waals surface area contributed by atoms with Gasteiger partial charge in [-0.15, -0.1) is 11.8 Å². The van der Waals surface area contributed by atoms with Crippen LogP contribution in [-0.4, -0.2) is 33.0 Å². The molecule has 1 aliphatic heterocycles. The van der Waals surface area contributed by atoms with Gasteiger partial charge in [0.2, 0.25) is 0 Å². The molecule has 1 unspecified atom stereocenters. The fourth-order valence-corrected chi connectivity index (χ4v) is 3.06. The van der Waals surface area contributed by atoms with Crippen LogP contribution in [0.1, 0.15) is 37.2 Å². The van der Waals surface area contributed by atoms with Crippen molar-refractivity contribution in [2.24, 2.45) is 0 Å². The van der Waals surface area contributed by atoms with Crippen molar-refractivity contribution in [3.8, 4) is 0 Å². The van der Waals surface area contributed by atoms with Crippen molar-refractivity contribution in [2.75, 3.05) is 5.75 Å². The third-order valence-electron chi connectivity index (χ3n) is 2.66. The summed E-state index contributed by atoms with van der Waals surface area (Å²) in [7, 11) is 0. The summed E-state index contributed by atoms with van der Waals surface area (Å²) in [4.78, 5) is 35.0. The van der Waals surface area contributed by atoms with E-state index < -0.39 is 29.1 Å². The number of carboxylic acid groups (broad SMARTS) is 1. The van der Waals surface area contributed by atoms with Crippen LogP contribution >= 0.6 is 11.8 Å². The molecule has 7 heteroatoms. The molecule has 1 aromatic heterocycles. The van der Waals surface area contributed by atoms with E-state index in [1.807, 2.05) is 0 Å². The Morgan fingerprint density at radius 1 is 1.40 bits per heavy atom. The zero-order chi connectivity index (χ0) is 15.1. The van der Waals surface area contributed by atoms with Crippen LogP contribution in [0.3, 0.4) is 0 Å². The molecule has 1 N–H and O–H groups in total. The Balaban J connectivity index is 2.36. The van der Waals surface area contributed by atoms with Crippen molar-refractivity contribution >= 4 is 23.7 Å². The normalized spacial score (nSPS) is 17.6. The molecule has 2 rings (SSSR count). The Kier molecular flexibility index (Phi) is 3.64. The van der Waals surface area contributed by atoms with Gasteiger partial charge >= 0.3 is 11.9 Å². The molecule has 108 valence electrons. The molecule has 0 radical (unpaired) electrons. The van der Waals surface area contributed by atoms with Crippen LogP contribution in [0.2, 0.25) is 0 Å². The van der Waals surface area contributed by atoms with Gasteiger partial charge in [0, 0.05) is 11.8 Å². The first-order valence-electron chi connectivity index (χ1n) is 6.04. The van der Waals surface area contributed by atoms with E-state index in [1.54, 1.807) is 20.8 Å². The number of hydrogen-bond donors (Lipinski definition) is 1. The fourth-order valence-electron chi connectivity index (χ4n) is 1.88. The topological polar surface area (TPSA) is 85.6 Å². The molecule has 0 saturated carbocycles. The Morgan fingerprint density at radius 2 is 2.05 bits per heavy atom. The highest BCUT2D eigenvalue weighted by Gasteiger charge is 2.34. The number of hydrogen-bond acceptors (Lipinski definition) is 5. The summed E-state index contributed by atoms with van der Waals surface area (Å²) < 4.78 is 6.58. The van der Waals surface area contributed by atoms with E-state index >= 15 is 0 Å². The molecule has 6 nitrogen and oxygen atoms in total. The number of aromatic carboxylic acids is 1. The summed E-state index contributed by atoms with van der Waals surface area (Å²) in [6.45, 7) is 5.26. The van der Waals surface area contributed by atoms with Gasteiger partial charge in [0.05, 0.1) is 10.6 Å². The fraction of sp³-hybridized carbons (Fsp3) is 0.462. The smallest absolute Gasteiger partial charge is 0.335 e. The van der Waals surface area contributed by atoms with Gasteiger partial charge in [0.15, 0.2) is 0 Å². The summed E-state index contributed by atoms with van der Waals surface area (Å²) in [6, 6.07) is 1.72. The number of thioether (sulfide) groups is 1. The van der Waals surface area contributed by atoms with Crippen LogP contribution in [0.25, 0.3) is 0 Å². The van der Waals surface area contributed by atoms with Crippen LogP contribution in [0.15, 0.2) is 22.0 Å². The van der Waals surface area contributed by atoms with Crippen molar-refractivity contribution in [3.05, 3.63) is 28.0 Å². The molecule has 0 aliphatic carbocycles. The maximum atomic E-state index is 12.1. The zero-order valence-electron chi connectivity index (χ0n) is 11.4. The lowest BCUT2D eigenvalue weighted by Crippen LogP contribution is -2.34. The van der Waals surface area contributed by atoms with E-state index in [9.17, 15) is 14.4 Å². The van der Waals surface area contributed by atoms with E-state index in [2.05, 4.69) is 0 Å². The third-order valence-corrected chi connectivity index (χ3v) is 3.75. The average Bonchev–Trinajstić information content (AvgIpc) is 2.70. The van der Waals surface area contributed by atoms with Crippen LogP contribution in [0.5, 0.6) is 0 Å². The minimum atomic E-state index is -1.16. The van der Waals surface area contributed by atoms with Crippen LogP contribution in [0, 0.1) is 0 Å². The van der Waals surface area contributed by atoms with Gasteiger partial charge in [0.1, 0.15) is 11.6 Å². The minimum Gasteiger partial charge on any atom is -0.478 e. The van der Waals surface area contributed by atoms with Gasteiger partial charge in [-0.3, -0.25) is 9.36 Å². The lowest BCUT2D eigenvalue weighted by molar-refractivity contribution is -0.158. The van der Waals surface area contributed by atoms with E-state index in [0.717, 1.165) is 6.07 Å². The molecular weight excluding hydrogens is 282 g/mol. The van der Waals surface area contributed by atoms with Gasteiger partial charge in [-0.1, -0.05) is 0 Å². The largest absolute Gasteiger partial charge is 0.478 e. The molecule has 1 aliphatic rings. The SMILES string of the molecule is CC(C)(C)OC(=O)C1CSc2cc(C(=O)O)cc(=O)n21. The number of carbonyl (C=O) groups is 2. The number of fused-ring (bicyclic) bond motifs is 1. The molecular formula is C13H15NO5S. The summed E-state index contributed by atoms with van der Waals surface area (Å²) in [5, 5.41) is 9.40. The monoisotopic (exact) mass is 297 g/mol. The lowest BCUT2D eigenvalue weighted by Gasteiger charge is -2.22. The second kappa shape index (κ2) is 4.97. The predicted molar refractivity (Wildman–Crippen MR) is 73.3 cm³/mol. The number of ether oxygens (including phenoxy) is 1. The first-order valence-corrected chi connectivity index (χ1v) is 7.03. The highest BCUT2D eigenvalue weighted by atomic mass is 32.2. The molecule has 0 saturated heterocycles. The summed E-state index contributed by atoms with van der Waals surface area (Å²) >= 11 is 1.27. The maximum Gasteiger partial charge on any atom is 0.335 e. The van der Waals surface area contributed by atoms with Gasteiger partial charge < -0.3 is 9.84 Å². The molecule has 0 amide bonds. The molecule has 1 aromatic rings.